The molecule has 0 saturated carbocycles. The summed E-state index contributed by atoms with van der Waals surface area (Å²) >= 11 is 0.991. The molecule has 1 aliphatic heterocycles. The van der Waals surface area contributed by atoms with E-state index in [1.807, 2.05) is 72.8 Å². The summed E-state index contributed by atoms with van der Waals surface area (Å²) in [5.74, 6) is -0.974. The van der Waals surface area contributed by atoms with Crippen molar-refractivity contribution in [2.24, 2.45) is 4.99 Å². The minimum Gasteiger partial charge on any atom is -0.493 e. The first-order chi connectivity index (χ1) is 25.4. The SMILES string of the molecule is C=C/C=C\C(=C/C)N1C(=O)/C(=C/c2ccc(OCc3ccccc3C#N)c(OC)c2)C(=O)N=C1SCC(=O)NC(c1ccccc1)c1ccccc1. The molecule has 4 aromatic carbocycles. The number of methoxy groups -OCH3 is 1. The first kappa shape index (κ1) is 36.8. The van der Waals surface area contributed by atoms with Gasteiger partial charge in [-0.2, -0.15) is 10.3 Å². The molecule has 0 unspecified atom stereocenters. The van der Waals surface area contributed by atoms with Gasteiger partial charge in [0.1, 0.15) is 12.2 Å². The molecule has 0 aliphatic carbocycles. The van der Waals surface area contributed by atoms with E-state index in [2.05, 4.69) is 23.0 Å². The average molecular weight is 709 g/mol. The third-order valence-corrected chi connectivity index (χ3v) is 8.87. The van der Waals surface area contributed by atoms with Gasteiger partial charge in [-0.15, -0.1) is 0 Å². The average Bonchev–Trinajstić information content (AvgIpc) is 3.18. The number of allylic oxidation sites excluding steroid dienone is 4. The maximum absolute atomic E-state index is 14.1. The second kappa shape index (κ2) is 18.0. The molecule has 10 heteroatoms. The maximum atomic E-state index is 14.1. The minimum atomic E-state index is -0.744. The van der Waals surface area contributed by atoms with E-state index in [9.17, 15) is 19.6 Å². The van der Waals surface area contributed by atoms with E-state index < -0.39 is 17.9 Å². The molecule has 3 amide bonds. The monoisotopic (exact) mass is 708 g/mol. The van der Waals surface area contributed by atoms with E-state index in [4.69, 9.17) is 9.47 Å². The standard InChI is InChI=1S/C42H36N4O5S/c1-4-6-21-34(5-2)46-41(49)35(24-29-22-23-36(37(25-29)50-3)51-27-33-20-14-13-19-32(33)26-43)40(48)45-42(46)52-28-38(47)44-39(30-15-9-7-10-16-30)31-17-11-8-12-18-31/h4-25,39H,1,27-28H2,2-3H3,(H,44,47)/b21-6-,34-5+,35-24+. The highest BCUT2D eigenvalue weighted by Gasteiger charge is 2.35. The number of ether oxygens (including phenoxy) is 2. The van der Waals surface area contributed by atoms with Gasteiger partial charge in [-0.1, -0.05) is 121 Å². The van der Waals surface area contributed by atoms with E-state index in [1.165, 1.54) is 18.1 Å². The fraction of sp³-hybridized carbons (Fsp3) is 0.119. The molecule has 1 aliphatic rings. The summed E-state index contributed by atoms with van der Waals surface area (Å²) in [4.78, 5) is 46.6. The molecule has 0 radical (unpaired) electrons. The number of carbonyl (C=O) groups is 3. The van der Waals surface area contributed by atoms with E-state index in [1.54, 1.807) is 61.6 Å². The van der Waals surface area contributed by atoms with Crippen molar-refractivity contribution in [3.05, 3.63) is 173 Å². The highest BCUT2D eigenvalue weighted by Crippen LogP contribution is 2.32. The van der Waals surface area contributed by atoms with Crippen LogP contribution in [-0.2, 0) is 21.0 Å². The number of nitrogens with zero attached hydrogens (tertiary/aromatic N) is 3. The van der Waals surface area contributed by atoms with Crippen LogP contribution in [0.25, 0.3) is 6.08 Å². The lowest BCUT2D eigenvalue weighted by molar-refractivity contribution is -0.126. The molecular formula is C42H36N4O5S. The van der Waals surface area contributed by atoms with Crippen molar-refractivity contribution < 1.29 is 23.9 Å². The van der Waals surface area contributed by atoms with Crippen LogP contribution >= 0.6 is 11.8 Å². The molecule has 0 atom stereocenters. The summed E-state index contributed by atoms with van der Waals surface area (Å²) in [5, 5.41) is 12.6. The summed E-state index contributed by atoms with van der Waals surface area (Å²) < 4.78 is 11.5. The molecule has 0 bridgehead atoms. The molecule has 9 nitrogen and oxygen atoms in total. The molecule has 52 heavy (non-hydrogen) atoms. The van der Waals surface area contributed by atoms with Crippen LogP contribution in [0.1, 0.15) is 40.8 Å². The van der Waals surface area contributed by atoms with Gasteiger partial charge in [0.2, 0.25) is 5.91 Å². The summed E-state index contributed by atoms with van der Waals surface area (Å²) in [7, 11) is 1.48. The van der Waals surface area contributed by atoms with Crippen molar-refractivity contribution >= 4 is 40.7 Å². The summed E-state index contributed by atoms with van der Waals surface area (Å²) in [6.07, 6.45) is 8.07. The normalized spacial score (nSPS) is 14.0. The number of hydrogen-bond acceptors (Lipinski definition) is 7. The van der Waals surface area contributed by atoms with Crippen molar-refractivity contribution in [3.8, 4) is 17.6 Å². The van der Waals surface area contributed by atoms with Crippen LogP contribution in [0.2, 0.25) is 0 Å². The van der Waals surface area contributed by atoms with Crippen molar-refractivity contribution in [1.29, 1.82) is 5.26 Å². The predicted octanol–water partition coefficient (Wildman–Crippen LogP) is 7.54. The van der Waals surface area contributed by atoms with Gasteiger partial charge in [0.05, 0.1) is 30.5 Å². The molecule has 5 rings (SSSR count). The lowest BCUT2D eigenvalue weighted by Gasteiger charge is -2.28. The van der Waals surface area contributed by atoms with E-state index >= 15 is 0 Å². The number of thioether (sulfide) groups is 1. The summed E-state index contributed by atoms with van der Waals surface area (Å²) in [6.45, 7) is 5.62. The van der Waals surface area contributed by atoms with Gasteiger partial charge in [-0.05, 0) is 54.0 Å². The smallest absolute Gasteiger partial charge is 0.285 e. The zero-order valence-corrected chi connectivity index (χ0v) is 29.5. The first-order valence-corrected chi connectivity index (χ1v) is 17.3. The van der Waals surface area contributed by atoms with Crippen LogP contribution in [0.3, 0.4) is 0 Å². The Bertz CT molecular complexity index is 2080. The molecular weight excluding hydrogens is 673 g/mol. The number of nitrogens with one attached hydrogen (secondary N) is 1. The topological polar surface area (TPSA) is 121 Å². The summed E-state index contributed by atoms with van der Waals surface area (Å²) in [5.41, 5.74) is 3.82. The summed E-state index contributed by atoms with van der Waals surface area (Å²) in [6, 6.07) is 33.1. The predicted molar refractivity (Wildman–Crippen MR) is 204 cm³/mol. The van der Waals surface area contributed by atoms with E-state index in [-0.39, 0.29) is 29.0 Å². The molecule has 0 fully saturated rings. The Hall–Kier alpha value is -6.44. The lowest BCUT2D eigenvalue weighted by atomic mass is 9.99. The number of benzene rings is 4. The van der Waals surface area contributed by atoms with Crippen molar-refractivity contribution in [1.82, 2.24) is 10.2 Å². The molecule has 1 heterocycles. The fourth-order valence-corrected chi connectivity index (χ4v) is 6.17. The van der Waals surface area contributed by atoms with Crippen molar-refractivity contribution in [2.45, 2.75) is 19.6 Å². The number of hydrogen-bond donors (Lipinski definition) is 1. The van der Waals surface area contributed by atoms with E-state index in [0.717, 1.165) is 28.5 Å². The van der Waals surface area contributed by atoms with Crippen LogP contribution in [0.15, 0.2) is 150 Å². The lowest BCUT2D eigenvalue weighted by Crippen LogP contribution is -2.42. The van der Waals surface area contributed by atoms with Crippen LogP contribution in [0.5, 0.6) is 11.5 Å². The molecule has 4 aromatic rings. The fourth-order valence-electron chi connectivity index (χ4n) is 5.36. The number of nitriles is 1. The largest absolute Gasteiger partial charge is 0.493 e. The van der Waals surface area contributed by atoms with Gasteiger partial charge in [-0.3, -0.25) is 19.3 Å². The molecule has 1 N–H and O–H groups in total. The third kappa shape index (κ3) is 9.01. The Labute approximate surface area is 307 Å². The van der Waals surface area contributed by atoms with Crippen LogP contribution in [0, 0.1) is 11.3 Å². The Morgan fingerprint density at radius 1 is 0.981 bits per heavy atom. The van der Waals surface area contributed by atoms with Crippen LogP contribution in [0.4, 0.5) is 0 Å². The molecule has 0 aromatic heterocycles. The third-order valence-electron chi connectivity index (χ3n) is 7.93. The van der Waals surface area contributed by atoms with Gasteiger partial charge in [0, 0.05) is 11.3 Å². The number of amides is 3. The van der Waals surface area contributed by atoms with Crippen LogP contribution < -0.4 is 14.8 Å². The number of aliphatic imine (C=N–C) groups is 1. The highest BCUT2D eigenvalue weighted by molar-refractivity contribution is 8.14. The molecule has 0 saturated heterocycles. The maximum Gasteiger partial charge on any atom is 0.285 e. The number of carbonyl (C=O) groups excluding carboxylic acids is 3. The zero-order chi connectivity index (χ0) is 36.9. The van der Waals surface area contributed by atoms with Gasteiger partial charge in [0.15, 0.2) is 16.7 Å². The minimum absolute atomic E-state index is 0.0686. The second-order valence-electron chi connectivity index (χ2n) is 11.3. The first-order valence-electron chi connectivity index (χ1n) is 16.3. The Kier molecular flexibility index (Phi) is 12.7. The second-order valence-corrected chi connectivity index (χ2v) is 12.2. The molecule has 260 valence electrons. The Morgan fingerprint density at radius 3 is 2.29 bits per heavy atom. The van der Waals surface area contributed by atoms with Gasteiger partial charge < -0.3 is 14.8 Å². The Balaban J connectivity index is 1.39. The number of rotatable bonds is 13. The van der Waals surface area contributed by atoms with Gasteiger partial charge >= 0.3 is 0 Å². The van der Waals surface area contributed by atoms with Gasteiger partial charge in [-0.25, -0.2) is 0 Å². The van der Waals surface area contributed by atoms with Crippen LogP contribution in [-0.4, -0.2) is 40.7 Å². The van der Waals surface area contributed by atoms with E-state index in [0.29, 0.717) is 28.3 Å². The van der Waals surface area contributed by atoms with Crippen molar-refractivity contribution in [2.75, 3.05) is 12.9 Å². The number of amidine groups is 1. The quantitative estimate of drug-likeness (QED) is 0.0866. The Morgan fingerprint density at radius 2 is 1.65 bits per heavy atom. The highest BCUT2D eigenvalue weighted by atomic mass is 32.2. The van der Waals surface area contributed by atoms with Gasteiger partial charge in [0.25, 0.3) is 11.8 Å². The molecule has 0 spiro atoms. The zero-order valence-electron chi connectivity index (χ0n) is 28.7. The van der Waals surface area contributed by atoms with Crippen molar-refractivity contribution in [3.63, 3.8) is 0 Å².